The summed E-state index contributed by atoms with van der Waals surface area (Å²) in [5.41, 5.74) is 0. The Bertz CT molecular complexity index is 245. The quantitative estimate of drug-likeness (QED) is 0.694. The minimum atomic E-state index is -0.0353. The van der Waals surface area contributed by atoms with Gasteiger partial charge in [-0.1, -0.05) is 0 Å². The summed E-state index contributed by atoms with van der Waals surface area (Å²) in [6, 6.07) is 5.87. The van der Waals surface area contributed by atoms with Crippen molar-refractivity contribution in [2.75, 3.05) is 14.2 Å². The fraction of sp³-hybridized carbons (Fsp3) is 0.250. The average Bonchev–Trinajstić information content (AvgIpc) is 2.04. The number of hydrogen-bond donors (Lipinski definition) is 1. The Labute approximate surface area is 65.2 Å². The molecule has 0 unspecified atom stereocenters. The van der Waals surface area contributed by atoms with Gasteiger partial charge in [-0.25, -0.2) is 0 Å². The van der Waals surface area contributed by atoms with Crippen molar-refractivity contribution in [1.82, 2.24) is 0 Å². The zero-order chi connectivity index (χ0) is 8.27. The molecule has 1 N–H and O–H groups in total. The van der Waals surface area contributed by atoms with Gasteiger partial charge in [-0.05, 0) is 12.1 Å². The third kappa shape index (κ3) is 1.55. The maximum Gasteiger partial charge on any atom is 0.169 e. The molecule has 3 nitrogen and oxygen atoms in total. The number of ether oxygens (including phenoxy) is 2. The Kier molecular flexibility index (Phi) is 2.21. The van der Waals surface area contributed by atoms with Crippen LogP contribution in [0, 0.1) is 6.07 Å². The second-order valence-electron chi connectivity index (χ2n) is 1.94. The van der Waals surface area contributed by atoms with E-state index in [9.17, 15) is 0 Å². The lowest BCUT2D eigenvalue weighted by Crippen LogP contribution is -1.86. The van der Waals surface area contributed by atoms with Gasteiger partial charge in [0, 0.05) is 0 Å². The van der Waals surface area contributed by atoms with Crippen LogP contribution in [0.2, 0.25) is 0 Å². The molecule has 0 amide bonds. The van der Waals surface area contributed by atoms with E-state index in [1.807, 2.05) is 0 Å². The van der Waals surface area contributed by atoms with Crippen LogP contribution in [0.15, 0.2) is 12.1 Å². The Morgan fingerprint density at radius 3 is 2.45 bits per heavy atom. The predicted molar refractivity (Wildman–Crippen MR) is 40.0 cm³/mol. The summed E-state index contributed by atoms with van der Waals surface area (Å²) >= 11 is 0. The van der Waals surface area contributed by atoms with Crippen LogP contribution >= 0.6 is 0 Å². The van der Waals surface area contributed by atoms with E-state index in [1.54, 1.807) is 12.1 Å². The van der Waals surface area contributed by atoms with E-state index in [4.69, 9.17) is 14.6 Å². The molecule has 0 aliphatic heterocycles. The SMILES string of the molecule is COc1[c]c(O)c(OC)cc1. The van der Waals surface area contributed by atoms with Crippen molar-refractivity contribution in [2.24, 2.45) is 0 Å². The Morgan fingerprint density at radius 1 is 1.27 bits per heavy atom. The van der Waals surface area contributed by atoms with Crippen LogP contribution < -0.4 is 9.47 Å². The summed E-state index contributed by atoms with van der Waals surface area (Å²) in [5.74, 6) is 0.848. The Hall–Kier alpha value is -1.38. The van der Waals surface area contributed by atoms with Crippen molar-refractivity contribution in [3.63, 3.8) is 0 Å². The first-order valence-electron chi connectivity index (χ1n) is 3.11. The molecule has 1 aromatic rings. The normalized spacial score (nSPS) is 9.27. The lowest BCUT2D eigenvalue weighted by Gasteiger charge is -2.03. The molecule has 0 saturated heterocycles. The number of aromatic hydroxyl groups is 1. The number of hydrogen-bond acceptors (Lipinski definition) is 3. The van der Waals surface area contributed by atoms with Crippen molar-refractivity contribution in [2.45, 2.75) is 0 Å². The Balaban J connectivity index is 2.99. The molecule has 0 saturated carbocycles. The lowest BCUT2D eigenvalue weighted by atomic mass is 10.3. The maximum absolute atomic E-state index is 9.16. The predicted octanol–water partition coefficient (Wildman–Crippen LogP) is 1.21. The molecule has 1 radical (unpaired) electrons. The standard InChI is InChI=1S/C8H9O3/c1-10-6-3-4-8(11-2)7(9)5-6/h3-4,9H,1-2H3. The van der Waals surface area contributed by atoms with Crippen LogP contribution in [0.1, 0.15) is 0 Å². The zero-order valence-electron chi connectivity index (χ0n) is 6.42. The van der Waals surface area contributed by atoms with Crippen LogP contribution in [0.5, 0.6) is 17.2 Å². The van der Waals surface area contributed by atoms with E-state index in [0.29, 0.717) is 11.5 Å². The van der Waals surface area contributed by atoms with E-state index in [1.165, 1.54) is 14.2 Å². The van der Waals surface area contributed by atoms with Gasteiger partial charge in [0.25, 0.3) is 0 Å². The molecule has 59 valence electrons. The van der Waals surface area contributed by atoms with E-state index >= 15 is 0 Å². The fourth-order valence-electron chi connectivity index (χ4n) is 0.734. The van der Waals surface area contributed by atoms with E-state index in [0.717, 1.165) is 0 Å². The Morgan fingerprint density at radius 2 is 2.00 bits per heavy atom. The highest BCUT2D eigenvalue weighted by molar-refractivity contribution is 5.42. The van der Waals surface area contributed by atoms with E-state index in [2.05, 4.69) is 6.07 Å². The summed E-state index contributed by atoms with van der Waals surface area (Å²) in [6.07, 6.45) is 0. The highest BCUT2D eigenvalue weighted by atomic mass is 16.5. The molecule has 0 aromatic heterocycles. The topological polar surface area (TPSA) is 38.7 Å². The van der Waals surface area contributed by atoms with Gasteiger partial charge in [0.15, 0.2) is 11.5 Å². The van der Waals surface area contributed by atoms with Crippen LogP contribution in [0.4, 0.5) is 0 Å². The number of rotatable bonds is 2. The molecule has 0 heterocycles. The summed E-state index contributed by atoms with van der Waals surface area (Å²) in [7, 11) is 2.99. The zero-order valence-corrected chi connectivity index (χ0v) is 6.42. The molecule has 1 rings (SSSR count). The molecule has 3 heteroatoms. The van der Waals surface area contributed by atoms with Crippen LogP contribution in [-0.2, 0) is 0 Å². The van der Waals surface area contributed by atoms with E-state index in [-0.39, 0.29) is 5.75 Å². The monoisotopic (exact) mass is 153 g/mol. The highest BCUT2D eigenvalue weighted by Gasteiger charge is 2.01. The second kappa shape index (κ2) is 3.14. The fourth-order valence-corrected chi connectivity index (χ4v) is 0.734. The van der Waals surface area contributed by atoms with E-state index < -0.39 is 0 Å². The molecule has 0 aliphatic rings. The molecule has 11 heavy (non-hydrogen) atoms. The van der Waals surface area contributed by atoms with Gasteiger partial charge in [0.05, 0.1) is 20.3 Å². The number of phenols is 1. The van der Waals surface area contributed by atoms with Gasteiger partial charge in [-0.2, -0.15) is 0 Å². The van der Waals surface area contributed by atoms with Gasteiger partial charge in [-0.15, -0.1) is 0 Å². The molecule has 0 fully saturated rings. The van der Waals surface area contributed by atoms with Gasteiger partial charge >= 0.3 is 0 Å². The number of phenolic OH excluding ortho intramolecular Hbond substituents is 1. The van der Waals surface area contributed by atoms with Crippen molar-refractivity contribution < 1.29 is 14.6 Å². The third-order valence-electron chi connectivity index (χ3n) is 1.30. The molecule has 0 aliphatic carbocycles. The van der Waals surface area contributed by atoms with Gasteiger partial charge < -0.3 is 14.6 Å². The smallest absolute Gasteiger partial charge is 0.169 e. The van der Waals surface area contributed by atoms with Crippen LogP contribution in [0.3, 0.4) is 0 Å². The first-order valence-corrected chi connectivity index (χ1v) is 3.11. The summed E-state index contributed by atoms with van der Waals surface area (Å²) < 4.78 is 9.63. The van der Waals surface area contributed by atoms with Crippen molar-refractivity contribution in [1.29, 1.82) is 0 Å². The lowest BCUT2D eigenvalue weighted by molar-refractivity contribution is 0.365. The number of benzene rings is 1. The minimum Gasteiger partial charge on any atom is -0.504 e. The van der Waals surface area contributed by atoms with Crippen molar-refractivity contribution in [3.05, 3.63) is 18.2 Å². The molecular formula is C8H9O3. The van der Waals surface area contributed by atoms with Crippen LogP contribution in [-0.4, -0.2) is 19.3 Å². The molecule has 1 aromatic carbocycles. The van der Waals surface area contributed by atoms with Gasteiger partial charge in [0.2, 0.25) is 0 Å². The highest BCUT2D eigenvalue weighted by Crippen LogP contribution is 2.28. The molecule has 0 atom stereocenters. The maximum atomic E-state index is 9.16. The largest absolute Gasteiger partial charge is 0.504 e. The average molecular weight is 153 g/mol. The number of methoxy groups -OCH3 is 2. The third-order valence-corrected chi connectivity index (χ3v) is 1.30. The molecular weight excluding hydrogens is 144 g/mol. The van der Waals surface area contributed by atoms with Gasteiger partial charge in [-0.3, -0.25) is 0 Å². The summed E-state index contributed by atoms with van der Waals surface area (Å²) in [5, 5.41) is 9.16. The summed E-state index contributed by atoms with van der Waals surface area (Å²) in [4.78, 5) is 0. The first-order chi connectivity index (χ1) is 5.27. The van der Waals surface area contributed by atoms with Crippen molar-refractivity contribution in [3.8, 4) is 17.2 Å². The molecule has 0 bridgehead atoms. The molecule has 0 spiro atoms. The van der Waals surface area contributed by atoms with Crippen molar-refractivity contribution >= 4 is 0 Å². The van der Waals surface area contributed by atoms with Crippen LogP contribution in [0.25, 0.3) is 0 Å². The summed E-state index contributed by atoms with van der Waals surface area (Å²) in [6.45, 7) is 0. The minimum absolute atomic E-state index is 0.0353. The second-order valence-corrected chi connectivity index (χ2v) is 1.94. The van der Waals surface area contributed by atoms with Gasteiger partial charge in [0.1, 0.15) is 5.75 Å². The first kappa shape index (κ1) is 7.72.